The molecular formula is C29H39N5O4S2. The van der Waals surface area contributed by atoms with Crippen LogP contribution in [0.5, 0.6) is 0 Å². The fourth-order valence-corrected chi connectivity index (χ4v) is 8.97. The SMILES string of the molecule is Cc1cc(C)cc(C(=O)N[C@H](C(=O)N2CC3(C[C@H]2C(=O)N[C@H](C#N)C[C@@H]2CCNC2=O)SCCS3)C(C)(C)C)c1. The number of amides is 4. The maximum absolute atomic E-state index is 14.2. The van der Waals surface area contributed by atoms with Gasteiger partial charge in [-0.05, 0) is 44.2 Å². The summed E-state index contributed by atoms with van der Waals surface area (Å²) in [5.74, 6) is 0.423. The molecule has 4 rings (SSSR count). The Balaban J connectivity index is 1.56. The van der Waals surface area contributed by atoms with Crippen molar-refractivity contribution in [2.75, 3.05) is 24.6 Å². The van der Waals surface area contributed by atoms with Gasteiger partial charge in [0, 0.05) is 42.5 Å². The van der Waals surface area contributed by atoms with Gasteiger partial charge in [-0.25, -0.2) is 0 Å². The topological polar surface area (TPSA) is 131 Å². The van der Waals surface area contributed by atoms with E-state index < -0.39 is 29.4 Å². The quantitative estimate of drug-likeness (QED) is 0.448. The van der Waals surface area contributed by atoms with Crippen molar-refractivity contribution >= 4 is 47.2 Å². The number of nitrogens with one attached hydrogen (secondary N) is 3. The first-order valence-electron chi connectivity index (χ1n) is 13.8. The molecule has 40 heavy (non-hydrogen) atoms. The van der Waals surface area contributed by atoms with Gasteiger partial charge < -0.3 is 20.9 Å². The van der Waals surface area contributed by atoms with Crippen LogP contribution >= 0.6 is 23.5 Å². The fourth-order valence-electron chi connectivity index (χ4n) is 5.71. The standard InChI is InChI=1S/C29H39N5O4S2/c1-17-10-18(2)12-20(11-17)25(36)33-23(28(3,4)5)27(38)34-16-29(39-8-9-40-29)14-22(34)26(37)32-21(15-30)13-19-6-7-31-24(19)35/h10-12,19,21-23H,6-9,13-14,16H2,1-5H3,(H,31,35)(H,32,37)(H,33,36)/t19-,21-,22-,23+/m0/s1. The van der Waals surface area contributed by atoms with Gasteiger partial charge in [-0.1, -0.05) is 38.0 Å². The summed E-state index contributed by atoms with van der Waals surface area (Å²) in [5.41, 5.74) is 1.78. The Morgan fingerprint density at radius 3 is 2.35 bits per heavy atom. The van der Waals surface area contributed by atoms with E-state index in [0.29, 0.717) is 31.5 Å². The minimum Gasteiger partial charge on any atom is -0.356 e. The van der Waals surface area contributed by atoms with Crippen molar-refractivity contribution in [1.82, 2.24) is 20.9 Å². The molecule has 1 aromatic rings. The van der Waals surface area contributed by atoms with Gasteiger partial charge in [0.2, 0.25) is 17.7 Å². The molecule has 3 saturated heterocycles. The van der Waals surface area contributed by atoms with Gasteiger partial charge in [-0.15, -0.1) is 23.5 Å². The third-order valence-electron chi connectivity index (χ3n) is 7.72. The highest BCUT2D eigenvalue weighted by molar-refractivity contribution is 8.21. The number of rotatable bonds is 7. The van der Waals surface area contributed by atoms with Crippen LogP contribution in [0.4, 0.5) is 0 Å². The lowest BCUT2D eigenvalue weighted by molar-refractivity contribution is -0.142. The van der Waals surface area contributed by atoms with E-state index in [9.17, 15) is 24.4 Å². The first-order chi connectivity index (χ1) is 18.8. The molecule has 0 bridgehead atoms. The molecule has 4 atom stereocenters. The Bertz CT molecular complexity index is 1200. The van der Waals surface area contributed by atoms with Crippen molar-refractivity contribution in [2.24, 2.45) is 11.3 Å². The van der Waals surface area contributed by atoms with Crippen molar-refractivity contribution < 1.29 is 19.2 Å². The van der Waals surface area contributed by atoms with Gasteiger partial charge in [0.25, 0.3) is 5.91 Å². The molecule has 0 aromatic heterocycles. The van der Waals surface area contributed by atoms with Crippen LogP contribution in [0.1, 0.15) is 61.5 Å². The molecule has 4 amide bonds. The maximum Gasteiger partial charge on any atom is 0.251 e. The van der Waals surface area contributed by atoms with Crippen molar-refractivity contribution in [3.05, 3.63) is 34.9 Å². The zero-order valence-electron chi connectivity index (χ0n) is 23.8. The van der Waals surface area contributed by atoms with Gasteiger partial charge in [0.1, 0.15) is 18.1 Å². The van der Waals surface area contributed by atoms with Gasteiger partial charge in [-0.2, -0.15) is 5.26 Å². The zero-order valence-corrected chi connectivity index (χ0v) is 25.5. The first kappa shape index (κ1) is 30.3. The lowest BCUT2D eigenvalue weighted by atomic mass is 9.85. The molecule has 1 spiro atoms. The molecule has 0 saturated carbocycles. The molecular weight excluding hydrogens is 546 g/mol. The Hall–Kier alpha value is -2.71. The molecule has 3 N–H and O–H groups in total. The number of likely N-dealkylation sites (tertiary alicyclic amines) is 1. The molecule has 216 valence electrons. The highest BCUT2D eigenvalue weighted by atomic mass is 32.2. The average molecular weight is 586 g/mol. The molecule has 0 radical (unpaired) electrons. The monoisotopic (exact) mass is 585 g/mol. The van der Waals surface area contributed by atoms with Crippen molar-refractivity contribution in [2.45, 2.75) is 76.1 Å². The van der Waals surface area contributed by atoms with E-state index in [-0.39, 0.29) is 34.1 Å². The molecule has 11 heteroatoms. The number of thioether (sulfide) groups is 2. The summed E-state index contributed by atoms with van der Waals surface area (Å²) < 4.78 is -0.300. The highest BCUT2D eigenvalue weighted by Gasteiger charge is 2.53. The van der Waals surface area contributed by atoms with Crippen molar-refractivity contribution in [3.8, 4) is 6.07 Å². The van der Waals surface area contributed by atoms with E-state index in [1.54, 1.807) is 40.6 Å². The summed E-state index contributed by atoms with van der Waals surface area (Å²) in [7, 11) is 0. The lowest BCUT2D eigenvalue weighted by Crippen LogP contribution is -2.58. The second kappa shape index (κ2) is 12.0. The Kier molecular flexibility index (Phi) is 9.10. The summed E-state index contributed by atoms with van der Waals surface area (Å²) in [6.45, 7) is 10.5. The molecule has 3 aliphatic heterocycles. The van der Waals surface area contributed by atoms with Gasteiger partial charge in [0.05, 0.1) is 10.1 Å². The summed E-state index contributed by atoms with van der Waals surface area (Å²) in [5, 5.41) is 18.3. The summed E-state index contributed by atoms with van der Waals surface area (Å²) in [4.78, 5) is 54.9. The van der Waals surface area contributed by atoms with Crippen LogP contribution in [0.3, 0.4) is 0 Å². The largest absolute Gasteiger partial charge is 0.356 e. The second-order valence-corrected chi connectivity index (χ2v) is 15.4. The predicted molar refractivity (Wildman–Crippen MR) is 158 cm³/mol. The number of aryl methyl sites for hydroxylation is 2. The van der Waals surface area contributed by atoms with Crippen LogP contribution in [0, 0.1) is 36.5 Å². The van der Waals surface area contributed by atoms with Crippen LogP contribution in [0.2, 0.25) is 0 Å². The Morgan fingerprint density at radius 1 is 1.15 bits per heavy atom. The van der Waals surface area contributed by atoms with Crippen LogP contribution in [0.15, 0.2) is 18.2 Å². The zero-order chi connectivity index (χ0) is 29.2. The minimum atomic E-state index is -0.864. The maximum atomic E-state index is 14.2. The van der Waals surface area contributed by atoms with E-state index in [1.807, 2.05) is 40.7 Å². The Labute approximate surface area is 245 Å². The van der Waals surface area contributed by atoms with Crippen LogP contribution < -0.4 is 16.0 Å². The number of nitrogens with zero attached hydrogens (tertiary/aromatic N) is 2. The fraction of sp³-hybridized carbons (Fsp3) is 0.621. The summed E-state index contributed by atoms with van der Waals surface area (Å²) >= 11 is 3.53. The normalized spacial score (nSPS) is 23.4. The number of hydrogen-bond donors (Lipinski definition) is 3. The molecule has 3 aliphatic rings. The van der Waals surface area contributed by atoms with E-state index in [0.717, 1.165) is 22.6 Å². The van der Waals surface area contributed by atoms with E-state index in [1.165, 1.54) is 0 Å². The predicted octanol–water partition coefficient (Wildman–Crippen LogP) is 2.76. The number of hydrogen-bond acceptors (Lipinski definition) is 7. The van der Waals surface area contributed by atoms with E-state index >= 15 is 0 Å². The molecule has 3 heterocycles. The summed E-state index contributed by atoms with van der Waals surface area (Å²) in [6, 6.07) is 5.24. The second-order valence-electron chi connectivity index (χ2n) is 12.1. The van der Waals surface area contributed by atoms with E-state index in [4.69, 9.17) is 0 Å². The molecule has 1 aromatic carbocycles. The first-order valence-corrected chi connectivity index (χ1v) is 15.7. The van der Waals surface area contributed by atoms with Crippen LogP contribution in [-0.2, 0) is 14.4 Å². The van der Waals surface area contributed by atoms with Gasteiger partial charge in [-0.3, -0.25) is 19.2 Å². The van der Waals surface area contributed by atoms with Crippen LogP contribution in [-0.4, -0.2) is 75.3 Å². The smallest absolute Gasteiger partial charge is 0.251 e. The number of nitriles is 1. The third-order valence-corrected chi connectivity index (χ3v) is 11.1. The van der Waals surface area contributed by atoms with Crippen molar-refractivity contribution in [1.29, 1.82) is 5.26 Å². The van der Waals surface area contributed by atoms with E-state index in [2.05, 4.69) is 22.0 Å². The van der Waals surface area contributed by atoms with Gasteiger partial charge in [0.15, 0.2) is 0 Å². The number of carbonyl (C=O) groups is 4. The minimum absolute atomic E-state index is 0.0996. The Morgan fingerprint density at radius 2 is 1.80 bits per heavy atom. The summed E-state index contributed by atoms with van der Waals surface area (Å²) in [6.07, 6.45) is 1.33. The average Bonchev–Trinajstić information content (AvgIpc) is 3.61. The van der Waals surface area contributed by atoms with Crippen molar-refractivity contribution in [3.63, 3.8) is 0 Å². The molecule has 0 unspecified atom stereocenters. The number of benzene rings is 1. The molecule has 9 nitrogen and oxygen atoms in total. The lowest BCUT2D eigenvalue weighted by Gasteiger charge is -2.35. The third kappa shape index (κ3) is 6.77. The molecule has 3 fully saturated rings. The number of carbonyl (C=O) groups excluding carboxylic acids is 4. The highest BCUT2D eigenvalue weighted by Crippen LogP contribution is 2.52. The van der Waals surface area contributed by atoms with Crippen LogP contribution in [0.25, 0.3) is 0 Å². The molecule has 0 aliphatic carbocycles. The van der Waals surface area contributed by atoms with Gasteiger partial charge >= 0.3 is 0 Å².